The summed E-state index contributed by atoms with van der Waals surface area (Å²) in [5, 5.41) is 10.7. The Labute approximate surface area is 117 Å². The van der Waals surface area contributed by atoms with E-state index in [1.807, 2.05) is 17.9 Å². The molecule has 0 aliphatic rings. The molecule has 5 heteroatoms. The lowest BCUT2D eigenvalue weighted by atomic mass is 10.1. The quantitative estimate of drug-likeness (QED) is 0.912. The highest BCUT2D eigenvalue weighted by Gasteiger charge is 2.18. The molecule has 2 heterocycles. The largest absolute Gasteiger partial charge is 0.309 e. The molecule has 0 amide bonds. The fraction of sp³-hybridized carbons (Fsp3) is 0.462. The topological polar surface area (TPSA) is 29.9 Å². The Morgan fingerprint density at radius 3 is 2.83 bits per heavy atom. The Morgan fingerprint density at radius 1 is 1.56 bits per heavy atom. The van der Waals surface area contributed by atoms with E-state index in [1.54, 1.807) is 11.3 Å². The molecule has 0 aliphatic heterocycles. The number of likely N-dealkylation sites (N-methyl/N-ethyl adjacent to an activating group) is 1. The standard InChI is InChI=1S/C13H18ClN3S/c1-4-15-11(5-10-6-16-17(3)7-10)13-12(14)9(2)8-18-13/h6-8,11,15H,4-5H2,1-3H3. The van der Waals surface area contributed by atoms with Gasteiger partial charge in [-0.3, -0.25) is 4.68 Å². The Kier molecular flexibility index (Phi) is 4.43. The number of nitrogens with zero attached hydrogens (tertiary/aromatic N) is 2. The van der Waals surface area contributed by atoms with Gasteiger partial charge < -0.3 is 5.32 Å². The van der Waals surface area contributed by atoms with Crippen molar-refractivity contribution in [3.05, 3.63) is 38.8 Å². The zero-order chi connectivity index (χ0) is 13.1. The van der Waals surface area contributed by atoms with Crippen LogP contribution >= 0.6 is 22.9 Å². The van der Waals surface area contributed by atoms with Gasteiger partial charge in [-0.1, -0.05) is 18.5 Å². The lowest BCUT2D eigenvalue weighted by molar-refractivity contribution is 0.558. The van der Waals surface area contributed by atoms with Gasteiger partial charge in [0, 0.05) is 24.2 Å². The third-order valence-corrected chi connectivity index (χ3v) is 4.72. The molecule has 2 aromatic rings. The lowest BCUT2D eigenvalue weighted by Gasteiger charge is -2.16. The highest BCUT2D eigenvalue weighted by atomic mass is 35.5. The molecule has 1 unspecified atom stereocenters. The molecule has 0 saturated carbocycles. The fourth-order valence-corrected chi connectivity index (χ4v) is 3.40. The Morgan fingerprint density at radius 2 is 2.33 bits per heavy atom. The zero-order valence-corrected chi connectivity index (χ0v) is 12.5. The molecule has 1 atom stereocenters. The molecule has 0 aliphatic carbocycles. The van der Waals surface area contributed by atoms with Crippen molar-refractivity contribution in [2.45, 2.75) is 26.3 Å². The molecule has 0 spiro atoms. The fourth-order valence-electron chi connectivity index (χ4n) is 2.00. The number of hydrogen-bond acceptors (Lipinski definition) is 3. The highest BCUT2D eigenvalue weighted by molar-refractivity contribution is 7.10. The predicted octanol–water partition coefficient (Wildman–Crippen LogP) is 3.34. The van der Waals surface area contributed by atoms with Crippen LogP contribution in [0.25, 0.3) is 0 Å². The normalized spacial score (nSPS) is 12.9. The van der Waals surface area contributed by atoms with E-state index in [0.717, 1.165) is 23.6 Å². The first-order chi connectivity index (χ1) is 8.61. The maximum Gasteiger partial charge on any atom is 0.0590 e. The molecule has 0 radical (unpaired) electrons. The van der Waals surface area contributed by atoms with Gasteiger partial charge in [0.1, 0.15) is 0 Å². The molecule has 3 nitrogen and oxygen atoms in total. The lowest BCUT2D eigenvalue weighted by Crippen LogP contribution is -2.22. The van der Waals surface area contributed by atoms with Gasteiger partial charge in [-0.15, -0.1) is 11.3 Å². The molecule has 2 aromatic heterocycles. The predicted molar refractivity (Wildman–Crippen MR) is 77.4 cm³/mol. The highest BCUT2D eigenvalue weighted by Crippen LogP contribution is 2.33. The first-order valence-electron chi connectivity index (χ1n) is 6.06. The molecule has 18 heavy (non-hydrogen) atoms. The number of thiophene rings is 1. The van der Waals surface area contributed by atoms with Crippen molar-refractivity contribution < 1.29 is 0 Å². The van der Waals surface area contributed by atoms with Crippen LogP contribution in [0.15, 0.2) is 17.8 Å². The van der Waals surface area contributed by atoms with E-state index in [9.17, 15) is 0 Å². The minimum atomic E-state index is 0.269. The van der Waals surface area contributed by atoms with Crippen LogP contribution in [0.5, 0.6) is 0 Å². The van der Waals surface area contributed by atoms with Crippen LogP contribution < -0.4 is 5.32 Å². The summed E-state index contributed by atoms with van der Waals surface area (Å²) in [7, 11) is 1.94. The van der Waals surface area contributed by atoms with Crippen LogP contribution in [-0.4, -0.2) is 16.3 Å². The average molecular weight is 284 g/mol. The summed E-state index contributed by atoms with van der Waals surface area (Å²) >= 11 is 8.09. The molecule has 0 saturated heterocycles. The molecular formula is C13H18ClN3S. The van der Waals surface area contributed by atoms with E-state index in [0.29, 0.717) is 0 Å². The van der Waals surface area contributed by atoms with E-state index in [1.165, 1.54) is 10.4 Å². The van der Waals surface area contributed by atoms with Crippen LogP contribution in [0.2, 0.25) is 5.02 Å². The smallest absolute Gasteiger partial charge is 0.0590 e. The van der Waals surface area contributed by atoms with Gasteiger partial charge in [0.25, 0.3) is 0 Å². The molecule has 0 bridgehead atoms. The van der Waals surface area contributed by atoms with Crippen LogP contribution in [-0.2, 0) is 13.5 Å². The summed E-state index contributed by atoms with van der Waals surface area (Å²) in [6.45, 7) is 5.10. The Bertz CT molecular complexity index is 518. The van der Waals surface area contributed by atoms with E-state index in [-0.39, 0.29) is 6.04 Å². The number of aryl methyl sites for hydroxylation is 2. The summed E-state index contributed by atoms with van der Waals surface area (Å²) < 4.78 is 1.83. The van der Waals surface area contributed by atoms with Crippen LogP contribution in [0.4, 0.5) is 0 Å². The van der Waals surface area contributed by atoms with Crippen molar-refractivity contribution in [2.75, 3.05) is 6.54 Å². The second-order valence-electron chi connectivity index (χ2n) is 4.43. The van der Waals surface area contributed by atoms with Gasteiger partial charge >= 0.3 is 0 Å². The van der Waals surface area contributed by atoms with Crippen LogP contribution in [0.3, 0.4) is 0 Å². The SMILES string of the molecule is CCNC(Cc1cnn(C)c1)c1scc(C)c1Cl. The third kappa shape index (κ3) is 2.94. The van der Waals surface area contributed by atoms with E-state index < -0.39 is 0 Å². The van der Waals surface area contributed by atoms with Gasteiger partial charge in [0.05, 0.1) is 11.2 Å². The van der Waals surface area contributed by atoms with Crippen LogP contribution in [0.1, 0.15) is 29.0 Å². The van der Waals surface area contributed by atoms with Gasteiger partial charge in [-0.25, -0.2) is 0 Å². The first kappa shape index (κ1) is 13.6. The summed E-state index contributed by atoms with van der Waals surface area (Å²) in [5.74, 6) is 0. The van der Waals surface area contributed by atoms with Crippen molar-refractivity contribution in [1.29, 1.82) is 0 Å². The molecule has 0 fully saturated rings. The maximum atomic E-state index is 6.36. The molecule has 0 aromatic carbocycles. The molecule has 98 valence electrons. The van der Waals surface area contributed by atoms with Crippen molar-refractivity contribution >= 4 is 22.9 Å². The first-order valence-corrected chi connectivity index (χ1v) is 7.32. The number of aromatic nitrogens is 2. The van der Waals surface area contributed by atoms with E-state index in [4.69, 9.17) is 11.6 Å². The van der Waals surface area contributed by atoms with E-state index >= 15 is 0 Å². The van der Waals surface area contributed by atoms with Gasteiger partial charge in [0.2, 0.25) is 0 Å². The molecule has 1 N–H and O–H groups in total. The number of halogens is 1. The van der Waals surface area contributed by atoms with E-state index in [2.05, 4.69) is 35.8 Å². The van der Waals surface area contributed by atoms with Gasteiger partial charge in [-0.05, 0) is 36.4 Å². The number of hydrogen-bond donors (Lipinski definition) is 1. The third-order valence-electron chi connectivity index (χ3n) is 2.89. The second kappa shape index (κ2) is 5.87. The monoisotopic (exact) mass is 283 g/mol. The minimum absolute atomic E-state index is 0.269. The number of nitrogens with one attached hydrogen (secondary N) is 1. The van der Waals surface area contributed by atoms with Gasteiger partial charge in [0.15, 0.2) is 0 Å². The molecule has 2 rings (SSSR count). The Hall–Kier alpha value is -0.840. The van der Waals surface area contributed by atoms with Crippen molar-refractivity contribution in [3.8, 4) is 0 Å². The Balaban J connectivity index is 2.20. The van der Waals surface area contributed by atoms with Crippen LogP contribution in [0, 0.1) is 6.92 Å². The second-order valence-corrected chi connectivity index (χ2v) is 5.72. The van der Waals surface area contributed by atoms with Gasteiger partial charge in [-0.2, -0.15) is 5.10 Å². The molecular weight excluding hydrogens is 266 g/mol. The van der Waals surface area contributed by atoms with Crippen molar-refractivity contribution in [2.24, 2.45) is 7.05 Å². The van der Waals surface area contributed by atoms with Crippen molar-refractivity contribution in [1.82, 2.24) is 15.1 Å². The maximum absolute atomic E-state index is 6.36. The zero-order valence-electron chi connectivity index (χ0n) is 10.9. The summed E-state index contributed by atoms with van der Waals surface area (Å²) in [6.07, 6.45) is 4.89. The minimum Gasteiger partial charge on any atom is -0.309 e. The summed E-state index contributed by atoms with van der Waals surface area (Å²) in [4.78, 5) is 1.22. The summed E-state index contributed by atoms with van der Waals surface area (Å²) in [5.41, 5.74) is 2.39. The average Bonchev–Trinajstić information content (AvgIpc) is 2.87. The number of rotatable bonds is 5. The summed E-state index contributed by atoms with van der Waals surface area (Å²) in [6, 6.07) is 0.269. The van der Waals surface area contributed by atoms with Crippen molar-refractivity contribution in [3.63, 3.8) is 0 Å².